The van der Waals surface area contributed by atoms with Gasteiger partial charge in [0.05, 0.1) is 0 Å². The predicted molar refractivity (Wildman–Crippen MR) is 59.8 cm³/mol. The molecule has 0 heterocycles. The molecule has 1 aromatic rings. The van der Waals surface area contributed by atoms with Crippen LogP contribution in [0.1, 0.15) is 43.4 Å². The molecule has 0 saturated heterocycles. The summed E-state index contributed by atoms with van der Waals surface area (Å²) in [6.45, 7) is 4.85. The van der Waals surface area contributed by atoms with Crippen LogP contribution in [0.15, 0.2) is 18.2 Å². The molecule has 82 valence electrons. The van der Waals surface area contributed by atoms with E-state index in [-0.39, 0.29) is 12.0 Å². The monoisotopic (exact) mass is 206 g/mol. The lowest BCUT2D eigenvalue weighted by Crippen LogP contribution is -2.24. The molecule has 1 N–H and O–H groups in total. The van der Waals surface area contributed by atoms with E-state index < -0.39 is 0 Å². The Labute approximate surface area is 90.8 Å². The number of hydrogen-bond acceptors (Lipinski definition) is 2. The van der Waals surface area contributed by atoms with Crippen molar-refractivity contribution in [3.05, 3.63) is 34.9 Å². The zero-order valence-electron chi connectivity index (χ0n) is 9.42. The van der Waals surface area contributed by atoms with Crippen LogP contribution in [0.5, 0.6) is 0 Å². The molecule has 2 nitrogen and oxygen atoms in total. The molecule has 0 saturated carbocycles. The lowest BCUT2D eigenvalue weighted by Gasteiger charge is -2.32. The average Bonchev–Trinajstić information content (AvgIpc) is 2.19. The van der Waals surface area contributed by atoms with E-state index in [1.54, 1.807) is 0 Å². The zero-order valence-corrected chi connectivity index (χ0v) is 9.42. The van der Waals surface area contributed by atoms with Crippen molar-refractivity contribution in [2.75, 3.05) is 0 Å². The molecule has 1 aliphatic carbocycles. The number of aryl methyl sites for hydroxylation is 1. The molecule has 0 unspecified atom stereocenters. The van der Waals surface area contributed by atoms with Gasteiger partial charge in [0, 0.05) is 0 Å². The number of benzene rings is 1. The van der Waals surface area contributed by atoms with E-state index in [1.165, 1.54) is 30.4 Å². The van der Waals surface area contributed by atoms with Gasteiger partial charge < -0.3 is 0 Å². The number of hydrogen-bond donors (Lipinski definition) is 1. The number of fused-ring (bicyclic) bond motifs is 1. The van der Waals surface area contributed by atoms with Crippen molar-refractivity contribution >= 4 is 0 Å². The average molecular weight is 206 g/mol. The van der Waals surface area contributed by atoms with Crippen molar-refractivity contribution in [1.29, 1.82) is 0 Å². The molecular formula is C13H18O2. The second-order valence-electron chi connectivity index (χ2n) is 5.00. The summed E-state index contributed by atoms with van der Waals surface area (Å²) in [7, 11) is 0. The molecular weight excluding hydrogens is 188 g/mol. The summed E-state index contributed by atoms with van der Waals surface area (Å²) in [5.41, 5.74) is 4.18. The summed E-state index contributed by atoms with van der Waals surface area (Å²) in [6, 6.07) is 6.38. The van der Waals surface area contributed by atoms with Gasteiger partial charge in [-0.3, -0.25) is 5.26 Å². The maximum Gasteiger partial charge on any atom is 0.107 e. The highest BCUT2D eigenvalue weighted by Crippen LogP contribution is 2.37. The van der Waals surface area contributed by atoms with Gasteiger partial charge in [-0.25, -0.2) is 4.89 Å². The Morgan fingerprint density at radius 3 is 2.93 bits per heavy atom. The molecule has 0 fully saturated rings. The van der Waals surface area contributed by atoms with Crippen molar-refractivity contribution in [3.8, 4) is 0 Å². The molecule has 0 atom stereocenters. The minimum absolute atomic E-state index is 0.263. The highest BCUT2D eigenvalue weighted by Gasteiger charge is 2.27. The fraction of sp³-hybridized carbons (Fsp3) is 0.538. The predicted octanol–water partition coefficient (Wildman–Crippen LogP) is 3.29. The van der Waals surface area contributed by atoms with Gasteiger partial charge in [-0.05, 0) is 41.4 Å². The van der Waals surface area contributed by atoms with Gasteiger partial charge in [0.2, 0.25) is 0 Å². The first kappa shape index (κ1) is 10.7. The van der Waals surface area contributed by atoms with Crippen LogP contribution in [0.3, 0.4) is 0 Å². The summed E-state index contributed by atoms with van der Waals surface area (Å²) >= 11 is 0. The molecule has 15 heavy (non-hydrogen) atoms. The zero-order chi connectivity index (χ0) is 10.9. The van der Waals surface area contributed by atoms with Gasteiger partial charge in [0.25, 0.3) is 0 Å². The van der Waals surface area contributed by atoms with Gasteiger partial charge in [-0.15, -0.1) is 0 Å². The summed E-state index contributed by atoms with van der Waals surface area (Å²) < 4.78 is 0. The highest BCUT2D eigenvalue weighted by atomic mass is 17.1. The van der Waals surface area contributed by atoms with Crippen molar-refractivity contribution in [1.82, 2.24) is 0 Å². The molecule has 0 aliphatic heterocycles. The van der Waals surface area contributed by atoms with Crippen LogP contribution in [-0.2, 0) is 23.3 Å². The van der Waals surface area contributed by atoms with Crippen LogP contribution in [0.25, 0.3) is 0 Å². The van der Waals surface area contributed by atoms with E-state index in [2.05, 4.69) is 30.9 Å². The van der Waals surface area contributed by atoms with Crippen LogP contribution >= 0.6 is 0 Å². The van der Waals surface area contributed by atoms with E-state index >= 15 is 0 Å². The van der Waals surface area contributed by atoms with Crippen LogP contribution in [-0.4, -0.2) is 5.26 Å². The van der Waals surface area contributed by atoms with Gasteiger partial charge in [0.1, 0.15) is 6.61 Å². The Morgan fingerprint density at radius 1 is 1.40 bits per heavy atom. The van der Waals surface area contributed by atoms with Gasteiger partial charge in [-0.1, -0.05) is 32.0 Å². The van der Waals surface area contributed by atoms with E-state index in [0.29, 0.717) is 0 Å². The van der Waals surface area contributed by atoms with Crippen LogP contribution in [0.2, 0.25) is 0 Å². The van der Waals surface area contributed by atoms with Crippen molar-refractivity contribution in [2.24, 2.45) is 0 Å². The largest absolute Gasteiger partial charge is 0.251 e. The molecule has 0 spiro atoms. The van der Waals surface area contributed by atoms with Crippen molar-refractivity contribution < 1.29 is 10.1 Å². The van der Waals surface area contributed by atoms with E-state index in [4.69, 9.17) is 5.26 Å². The molecule has 0 bridgehead atoms. The maximum absolute atomic E-state index is 8.45. The van der Waals surface area contributed by atoms with Gasteiger partial charge in [0.15, 0.2) is 0 Å². The SMILES string of the molecule is CC1(C)CCCc2ccc(COO)cc21. The fourth-order valence-corrected chi connectivity index (χ4v) is 2.49. The Kier molecular flexibility index (Phi) is 2.81. The Bertz CT molecular complexity index is 356. The smallest absolute Gasteiger partial charge is 0.107 e. The standard InChI is InChI=1S/C13H18O2/c1-13(2)7-3-4-11-6-5-10(9-15-14)8-12(11)13/h5-6,8,14H,3-4,7,9H2,1-2H3. The van der Waals surface area contributed by atoms with E-state index in [0.717, 1.165) is 5.56 Å². The molecule has 1 aliphatic rings. The normalized spacial score (nSPS) is 18.6. The third-order valence-corrected chi connectivity index (χ3v) is 3.38. The van der Waals surface area contributed by atoms with Crippen LogP contribution in [0.4, 0.5) is 0 Å². The molecule has 1 aromatic carbocycles. The van der Waals surface area contributed by atoms with Crippen molar-refractivity contribution in [2.45, 2.75) is 45.1 Å². The molecule has 0 amide bonds. The minimum atomic E-state index is 0.263. The highest BCUT2D eigenvalue weighted by molar-refractivity contribution is 5.38. The van der Waals surface area contributed by atoms with Gasteiger partial charge >= 0.3 is 0 Å². The first-order chi connectivity index (χ1) is 7.13. The van der Waals surface area contributed by atoms with Gasteiger partial charge in [-0.2, -0.15) is 0 Å². The second-order valence-corrected chi connectivity index (χ2v) is 5.00. The summed E-state index contributed by atoms with van der Waals surface area (Å²) in [5, 5.41) is 8.45. The van der Waals surface area contributed by atoms with Crippen molar-refractivity contribution in [3.63, 3.8) is 0 Å². The minimum Gasteiger partial charge on any atom is -0.251 e. The molecule has 2 rings (SSSR count). The Hall–Kier alpha value is -0.860. The summed E-state index contributed by atoms with van der Waals surface area (Å²) in [6.07, 6.45) is 3.69. The quantitative estimate of drug-likeness (QED) is 0.594. The van der Waals surface area contributed by atoms with Crippen LogP contribution < -0.4 is 0 Å². The third kappa shape index (κ3) is 2.06. The molecule has 2 heteroatoms. The molecule has 0 radical (unpaired) electrons. The summed E-state index contributed by atoms with van der Waals surface area (Å²) in [5.74, 6) is 0. The Balaban J connectivity index is 2.39. The maximum atomic E-state index is 8.45. The topological polar surface area (TPSA) is 29.5 Å². The first-order valence-electron chi connectivity index (χ1n) is 5.52. The fourth-order valence-electron chi connectivity index (χ4n) is 2.49. The lowest BCUT2D eigenvalue weighted by atomic mass is 9.72. The lowest BCUT2D eigenvalue weighted by molar-refractivity contribution is -0.253. The first-order valence-corrected chi connectivity index (χ1v) is 5.52. The number of rotatable bonds is 2. The Morgan fingerprint density at radius 2 is 2.20 bits per heavy atom. The third-order valence-electron chi connectivity index (χ3n) is 3.38. The molecule has 0 aromatic heterocycles. The second kappa shape index (κ2) is 3.95. The van der Waals surface area contributed by atoms with E-state index in [9.17, 15) is 0 Å². The van der Waals surface area contributed by atoms with Crippen LogP contribution in [0, 0.1) is 0 Å². The summed E-state index contributed by atoms with van der Waals surface area (Å²) in [4.78, 5) is 4.19. The van der Waals surface area contributed by atoms with E-state index in [1.807, 2.05) is 6.07 Å².